The second kappa shape index (κ2) is 6.30. The van der Waals surface area contributed by atoms with Crippen molar-refractivity contribution in [1.82, 2.24) is 15.1 Å². The van der Waals surface area contributed by atoms with E-state index in [4.69, 9.17) is 0 Å². The van der Waals surface area contributed by atoms with Gasteiger partial charge in [0.15, 0.2) is 0 Å². The molecule has 0 amide bonds. The molecule has 1 N–H and O–H groups in total. The maximum Gasteiger partial charge on any atom is 0.0641 e. The van der Waals surface area contributed by atoms with E-state index in [0.717, 1.165) is 18.2 Å². The normalized spacial score (nSPS) is 15.1. The summed E-state index contributed by atoms with van der Waals surface area (Å²) in [5.41, 5.74) is 2.43. The van der Waals surface area contributed by atoms with Crippen molar-refractivity contribution in [3.05, 3.63) is 17.5 Å². The third-order valence-electron chi connectivity index (χ3n) is 2.74. The third kappa shape index (κ3) is 3.83. The van der Waals surface area contributed by atoms with E-state index in [1.165, 1.54) is 11.3 Å². The van der Waals surface area contributed by atoms with Crippen LogP contribution in [0.2, 0.25) is 0 Å². The number of hydrogen-bond donors (Lipinski definition) is 1. The van der Waals surface area contributed by atoms with Crippen LogP contribution < -0.4 is 5.32 Å². The summed E-state index contributed by atoms with van der Waals surface area (Å²) in [4.78, 5) is 0. The molecule has 1 aromatic rings. The maximum atomic E-state index is 4.37. The minimum absolute atomic E-state index is 0.387. The van der Waals surface area contributed by atoms with Crippen LogP contribution in [-0.4, -0.2) is 28.3 Å². The first kappa shape index (κ1) is 13.6. The van der Waals surface area contributed by atoms with Crippen molar-refractivity contribution in [2.45, 2.75) is 26.8 Å². The van der Waals surface area contributed by atoms with Crippen LogP contribution in [0.5, 0.6) is 0 Å². The lowest BCUT2D eigenvalue weighted by Gasteiger charge is -2.16. The predicted molar refractivity (Wildman–Crippen MR) is 71.9 cm³/mol. The number of aromatic nitrogens is 2. The van der Waals surface area contributed by atoms with E-state index < -0.39 is 0 Å². The summed E-state index contributed by atoms with van der Waals surface area (Å²) in [6, 6.07) is 0.387. The van der Waals surface area contributed by atoms with Gasteiger partial charge in [-0.15, -0.1) is 0 Å². The number of hydrogen-bond acceptors (Lipinski definition) is 3. The molecule has 4 heteroatoms. The molecule has 0 aliphatic rings. The first-order valence-electron chi connectivity index (χ1n) is 5.77. The number of nitrogens with one attached hydrogen (secondary N) is 1. The van der Waals surface area contributed by atoms with Crippen LogP contribution in [0.15, 0.2) is 6.20 Å². The monoisotopic (exact) mass is 241 g/mol. The van der Waals surface area contributed by atoms with Crippen molar-refractivity contribution in [3.63, 3.8) is 0 Å². The molecule has 0 aliphatic carbocycles. The second-order valence-corrected chi connectivity index (χ2v) is 5.44. The quantitative estimate of drug-likeness (QED) is 0.829. The molecule has 0 radical (unpaired) electrons. The number of thioether (sulfide) groups is 1. The molecule has 2 atom stereocenters. The molecule has 0 bridgehead atoms. The molecular formula is C12H23N3S. The van der Waals surface area contributed by atoms with E-state index in [2.05, 4.69) is 43.6 Å². The molecule has 0 saturated carbocycles. The van der Waals surface area contributed by atoms with E-state index in [1.807, 2.05) is 23.5 Å². The highest BCUT2D eigenvalue weighted by Gasteiger charge is 2.12. The molecule has 0 saturated heterocycles. The first-order chi connectivity index (χ1) is 7.54. The van der Waals surface area contributed by atoms with E-state index >= 15 is 0 Å². The molecule has 2 unspecified atom stereocenters. The van der Waals surface area contributed by atoms with E-state index in [1.54, 1.807) is 0 Å². The van der Waals surface area contributed by atoms with Gasteiger partial charge in [0.25, 0.3) is 0 Å². The lowest BCUT2D eigenvalue weighted by atomic mass is 10.1. The van der Waals surface area contributed by atoms with Crippen molar-refractivity contribution in [2.75, 3.05) is 18.6 Å². The smallest absolute Gasteiger partial charge is 0.0641 e. The van der Waals surface area contributed by atoms with Crippen molar-refractivity contribution < 1.29 is 0 Å². The van der Waals surface area contributed by atoms with E-state index in [0.29, 0.717) is 6.04 Å². The fourth-order valence-electron chi connectivity index (χ4n) is 1.87. The van der Waals surface area contributed by atoms with Crippen LogP contribution in [0.1, 0.15) is 31.1 Å². The molecule has 1 aromatic heterocycles. The maximum absolute atomic E-state index is 4.37. The Labute approximate surface area is 103 Å². The largest absolute Gasteiger partial charge is 0.310 e. The highest BCUT2D eigenvalue weighted by atomic mass is 32.2. The van der Waals surface area contributed by atoms with Gasteiger partial charge < -0.3 is 5.32 Å². The Morgan fingerprint density at radius 3 is 2.69 bits per heavy atom. The van der Waals surface area contributed by atoms with Gasteiger partial charge in [0.2, 0.25) is 0 Å². The van der Waals surface area contributed by atoms with Crippen molar-refractivity contribution in [3.8, 4) is 0 Å². The van der Waals surface area contributed by atoms with Gasteiger partial charge in [0.1, 0.15) is 0 Å². The summed E-state index contributed by atoms with van der Waals surface area (Å²) in [7, 11) is 1.97. The average Bonchev–Trinajstić information content (AvgIpc) is 2.55. The highest BCUT2D eigenvalue weighted by Crippen LogP contribution is 2.16. The molecule has 16 heavy (non-hydrogen) atoms. The summed E-state index contributed by atoms with van der Waals surface area (Å²) in [5.74, 6) is 1.93. The zero-order valence-electron chi connectivity index (χ0n) is 10.9. The van der Waals surface area contributed by atoms with Gasteiger partial charge in [0.05, 0.1) is 5.69 Å². The van der Waals surface area contributed by atoms with Crippen LogP contribution in [0.25, 0.3) is 0 Å². The highest BCUT2D eigenvalue weighted by molar-refractivity contribution is 7.98. The summed E-state index contributed by atoms with van der Waals surface area (Å²) < 4.78 is 1.88. The van der Waals surface area contributed by atoms with Crippen LogP contribution in [0.3, 0.4) is 0 Å². The van der Waals surface area contributed by atoms with Crippen LogP contribution in [0, 0.1) is 12.8 Å². The van der Waals surface area contributed by atoms with Gasteiger partial charge in [0, 0.05) is 24.8 Å². The molecule has 1 rings (SSSR count). The molecule has 0 spiro atoms. The van der Waals surface area contributed by atoms with Gasteiger partial charge in [-0.1, -0.05) is 6.92 Å². The zero-order chi connectivity index (χ0) is 12.1. The standard InChI is InChI=1S/C12H23N3S/c1-9(8-16-5)6-13-10(2)12-7-15(4)14-11(12)3/h7,9-10,13H,6,8H2,1-5H3. The summed E-state index contributed by atoms with van der Waals surface area (Å²) in [5, 5.41) is 7.94. The Morgan fingerprint density at radius 2 is 2.19 bits per heavy atom. The SMILES string of the molecule is CSCC(C)CNC(C)c1cn(C)nc1C. The fourth-order valence-corrected chi connectivity index (χ4v) is 2.56. The Hall–Kier alpha value is -0.480. The van der Waals surface area contributed by atoms with Gasteiger partial charge >= 0.3 is 0 Å². The summed E-state index contributed by atoms with van der Waals surface area (Å²) >= 11 is 1.91. The lowest BCUT2D eigenvalue weighted by molar-refractivity contribution is 0.499. The Bertz CT molecular complexity index is 322. The Balaban J connectivity index is 2.46. The molecule has 1 heterocycles. The van der Waals surface area contributed by atoms with Crippen LogP contribution in [-0.2, 0) is 7.05 Å². The minimum atomic E-state index is 0.387. The van der Waals surface area contributed by atoms with Crippen molar-refractivity contribution in [1.29, 1.82) is 0 Å². The molecule has 0 fully saturated rings. The Kier molecular flexibility index (Phi) is 5.35. The Morgan fingerprint density at radius 1 is 1.50 bits per heavy atom. The lowest BCUT2D eigenvalue weighted by Crippen LogP contribution is -2.25. The minimum Gasteiger partial charge on any atom is -0.310 e. The zero-order valence-corrected chi connectivity index (χ0v) is 11.8. The molecule has 92 valence electrons. The van der Waals surface area contributed by atoms with Crippen molar-refractivity contribution >= 4 is 11.8 Å². The van der Waals surface area contributed by atoms with Crippen LogP contribution >= 0.6 is 11.8 Å². The van der Waals surface area contributed by atoms with Gasteiger partial charge in [-0.2, -0.15) is 16.9 Å². The van der Waals surface area contributed by atoms with Crippen LogP contribution in [0.4, 0.5) is 0 Å². The average molecular weight is 241 g/mol. The van der Waals surface area contributed by atoms with Gasteiger partial charge in [-0.05, 0) is 38.3 Å². The molecule has 0 aliphatic heterocycles. The molecular weight excluding hydrogens is 218 g/mol. The fraction of sp³-hybridized carbons (Fsp3) is 0.750. The van der Waals surface area contributed by atoms with Crippen molar-refractivity contribution in [2.24, 2.45) is 13.0 Å². The molecule has 3 nitrogen and oxygen atoms in total. The van der Waals surface area contributed by atoms with E-state index in [9.17, 15) is 0 Å². The first-order valence-corrected chi connectivity index (χ1v) is 7.16. The van der Waals surface area contributed by atoms with Gasteiger partial charge in [-0.3, -0.25) is 4.68 Å². The predicted octanol–water partition coefficient (Wildman–Crippen LogP) is 2.38. The molecule has 0 aromatic carbocycles. The third-order valence-corrected chi connectivity index (χ3v) is 3.64. The second-order valence-electron chi connectivity index (χ2n) is 4.53. The van der Waals surface area contributed by atoms with Gasteiger partial charge in [-0.25, -0.2) is 0 Å². The number of rotatable bonds is 6. The van der Waals surface area contributed by atoms with E-state index in [-0.39, 0.29) is 0 Å². The summed E-state index contributed by atoms with van der Waals surface area (Å²) in [6.45, 7) is 7.62. The topological polar surface area (TPSA) is 29.9 Å². The summed E-state index contributed by atoms with van der Waals surface area (Å²) in [6.07, 6.45) is 4.26. The number of nitrogens with zero attached hydrogens (tertiary/aromatic N) is 2. The number of aryl methyl sites for hydroxylation is 2.